The molecule has 0 aliphatic carbocycles. The molecule has 1 rings (SSSR count). The third kappa shape index (κ3) is 3.18. The molecule has 0 saturated carbocycles. The summed E-state index contributed by atoms with van der Waals surface area (Å²) in [4.78, 5) is 15.8. The fourth-order valence-corrected chi connectivity index (χ4v) is 1.61. The van der Waals surface area contributed by atoms with Gasteiger partial charge in [-0.1, -0.05) is 13.8 Å². The molecule has 0 aromatic rings. The predicted molar refractivity (Wildman–Crippen MR) is 57.4 cm³/mol. The summed E-state index contributed by atoms with van der Waals surface area (Å²) >= 11 is 0. The van der Waals surface area contributed by atoms with Crippen LogP contribution in [0.3, 0.4) is 0 Å². The Morgan fingerprint density at radius 1 is 1.21 bits per heavy atom. The zero-order chi connectivity index (χ0) is 10.4. The molecule has 1 N–H and O–H groups in total. The molecule has 82 valence electrons. The highest BCUT2D eigenvalue weighted by atomic mass is 16.2. The molecule has 0 radical (unpaired) electrons. The quantitative estimate of drug-likeness (QED) is 0.728. The van der Waals surface area contributed by atoms with Crippen molar-refractivity contribution in [2.45, 2.75) is 20.3 Å². The van der Waals surface area contributed by atoms with Crippen LogP contribution in [0.1, 0.15) is 20.3 Å². The molecule has 1 heterocycles. The summed E-state index contributed by atoms with van der Waals surface area (Å²) in [6.45, 7) is 9.85. The topological polar surface area (TPSA) is 35.6 Å². The first kappa shape index (κ1) is 11.3. The number of carbonyl (C=O) groups is 1. The van der Waals surface area contributed by atoms with Crippen molar-refractivity contribution in [2.24, 2.45) is 0 Å². The van der Waals surface area contributed by atoms with Gasteiger partial charge in [-0.05, 0) is 13.0 Å². The highest BCUT2D eigenvalue weighted by Crippen LogP contribution is 2.00. The van der Waals surface area contributed by atoms with E-state index in [2.05, 4.69) is 24.1 Å². The summed E-state index contributed by atoms with van der Waals surface area (Å²) in [6, 6.07) is 0.0996. The van der Waals surface area contributed by atoms with Crippen molar-refractivity contribution >= 4 is 6.03 Å². The van der Waals surface area contributed by atoms with Gasteiger partial charge in [0.25, 0.3) is 0 Å². The fraction of sp³-hybridized carbons (Fsp3) is 0.900. The fourth-order valence-electron chi connectivity index (χ4n) is 1.61. The summed E-state index contributed by atoms with van der Waals surface area (Å²) in [5.41, 5.74) is 0. The molecule has 4 nitrogen and oxygen atoms in total. The molecule has 1 fully saturated rings. The van der Waals surface area contributed by atoms with Crippen molar-refractivity contribution in [1.82, 2.24) is 15.1 Å². The lowest BCUT2D eigenvalue weighted by Gasteiger charge is -2.33. The van der Waals surface area contributed by atoms with E-state index in [0.29, 0.717) is 0 Å². The van der Waals surface area contributed by atoms with Crippen molar-refractivity contribution in [3.63, 3.8) is 0 Å². The van der Waals surface area contributed by atoms with Gasteiger partial charge < -0.3 is 15.1 Å². The Bertz CT molecular complexity index is 176. The van der Waals surface area contributed by atoms with Gasteiger partial charge >= 0.3 is 6.03 Å². The number of amides is 2. The normalized spacial score (nSPS) is 18.3. The third-order valence-electron chi connectivity index (χ3n) is 2.63. The Morgan fingerprint density at radius 2 is 1.86 bits per heavy atom. The molecule has 0 bridgehead atoms. The summed E-state index contributed by atoms with van der Waals surface area (Å²) in [5, 5.41) is 2.90. The van der Waals surface area contributed by atoms with Crippen molar-refractivity contribution in [3.05, 3.63) is 0 Å². The number of carbonyl (C=O) groups excluding carboxylic acids is 1. The van der Waals surface area contributed by atoms with E-state index >= 15 is 0 Å². The first-order valence-corrected chi connectivity index (χ1v) is 5.53. The molecule has 2 amide bonds. The van der Waals surface area contributed by atoms with E-state index in [9.17, 15) is 4.79 Å². The van der Waals surface area contributed by atoms with Crippen LogP contribution in [0.5, 0.6) is 0 Å². The van der Waals surface area contributed by atoms with Gasteiger partial charge in [0.2, 0.25) is 0 Å². The Morgan fingerprint density at radius 3 is 2.36 bits per heavy atom. The number of hydrogen-bond acceptors (Lipinski definition) is 2. The Labute approximate surface area is 86.2 Å². The van der Waals surface area contributed by atoms with Gasteiger partial charge in [-0.2, -0.15) is 0 Å². The second kappa shape index (κ2) is 5.86. The van der Waals surface area contributed by atoms with Crippen molar-refractivity contribution in [2.75, 3.05) is 39.3 Å². The second-order valence-electron chi connectivity index (χ2n) is 3.65. The third-order valence-corrected chi connectivity index (χ3v) is 2.63. The van der Waals surface area contributed by atoms with Crippen LogP contribution in [0, 0.1) is 0 Å². The zero-order valence-corrected chi connectivity index (χ0v) is 9.25. The summed E-state index contributed by atoms with van der Waals surface area (Å²) < 4.78 is 0. The predicted octanol–water partition coefficient (Wildman–Crippen LogP) is 0.744. The average molecular weight is 199 g/mol. The second-order valence-corrected chi connectivity index (χ2v) is 3.65. The minimum atomic E-state index is 0.0996. The van der Waals surface area contributed by atoms with Gasteiger partial charge in [0.15, 0.2) is 0 Å². The van der Waals surface area contributed by atoms with E-state index in [0.717, 1.165) is 45.7 Å². The van der Waals surface area contributed by atoms with E-state index in [1.54, 1.807) is 0 Å². The van der Waals surface area contributed by atoms with Crippen LogP contribution < -0.4 is 5.32 Å². The maximum absolute atomic E-state index is 11.5. The number of piperazine rings is 1. The Balaban J connectivity index is 2.23. The summed E-state index contributed by atoms with van der Waals surface area (Å²) in [5.74, 6) is 0. The molecule has 14 heavy (non-hydrogen) atoms. The summed E-state index contributed by atoms with van der Waals surface area (Å²) in [7, 11) is 0. The van der Waals surface area contributed by atoms with Crippen LogP contribution in [0.2, 0.25) is 0 Å². The molecule has 1 aliphatic heterocycles. The van der Waals surface area contributed by atoms with E-state index in [1.165, 1.54) is 0 Å². The number of likely N-dealkylation sites (N-methyl/N-ethyl adjacent to an activating group) is 1. The van der Waals surface area contributed by atoms with Crippen LogP contribution >= 0.6 is 0 Å². The number of rotatable bonds is 3. The zero-order valence-electron chi connectivity index (χ0n) is 9.25. The van der Waals surface area contributed by atoms with Gasteiger partial charge in [-0.3, -0.25) is 0 Å². The maximum atomic E-state index is 11.5. The lowest BCUT2D eigenvalue weighted by molar-refractivity contribution is 0.143. The molecule has 1 saturated heterocycles. The van der Waals surface area contributed by atoms with Gasteiger partial charge in [-0.15, -0.1) is 0 Å². The van der Waals surface area contributed by atoms with Crippen molar-refractivity contribution < 1.29 is 4.79 Å². The minimum absolute atomic E-state index is 0.0996. The van der Waals surface area contributed by atoms with Crippen molar-refractivity contribution in [1.29, 1.82) is 0 Å². The van der Waals surface area contributed by atoms with E-state index in [1.807, 2.05) is 4.90 Å². The number of urea groups is 1. The highest BCUT2D eigenvalue weighted by molar-refractivity contribution is 5.74. The molecule has 0 aromatic heterocycles. The van der Waals surface area contributed by atoms with Crippen LogP contribution in [0.15, 0.2) is 0 Å². The number of nitrogens with zero attached hydrogens (tertiary/aromatic N) is 2. The largest absolute Gasteiger partial charge is 0.338 e. The molecule has 0 atom stereocenters. The SMILES string of the molecule is CCCNC(=O)N1CCN(CC)CC1. The first-order valence-electron chi connectivity index (χ1n) is 5.53. The van der Waals surface area contributed by atoms with Gasteiger partial charge in [-0.25, -0.2) is 4.79 Å². The van der Waals surface area contributed by atoms with E-state index in [4.69, 9.17) is 0 Å². The molecule has 0 aromatic carbocycles. The molecule has 4 heteroatoms. The highest BCUT2D eigenvalue weighted by Gasteiger charge is 2.19. The molecule has 0 unspecified atom stereocenters. The van der Waals surface area contributed by atoms with Crippen molar-refractivity contribution in [3.8, 4) is 0 Å². The minimum Gasteiger partial charge on any atom is -0.338 e. The number of nitrogens with one attached hydrogen (secondary N) is 1. The van der Waals surface area contributed by atoms with Gasteiger partial charge in [0.1, 0.15) is 0 Å². The van der Waals surface area contributed by atoms with Crippen LogP contribution in [-0.2, 0) is 0 Å². The molecular formula is C10H21N3O. The van der Waals surface area contributed by atoms with Crippen LogP contribution in [0.25, 0.3) is 0 Å². The lowest BCUT2D eigenvalue weighted by Crippen LogP contribution is -2.51. The first-order chi connectivity index (χ1) is 6.77. The average Bonchev–Trinajstić information content (AvgIpc) is 2.26. The van der Waals surface area contributed by atoms with Crippen LogP contribution in [0.4, 0.5) is 4.79 Å². The number of hydrogen-bond donors (Lipinski definition) is 1. The van der Waals surface area contributed by atoms with Crippen LogP contribution in [-0.4, -0.2) is 55.1 Å². The molecular weight excluding hydrogens is 178 g/mol. The smallest absolute Gasteiger partial charge is 0.317 e. The van der Waals surface area contributed by atoms with Gasteiger partial charge in [0.05, 0.1) is 0 Å². The van der Waals surface area contributed by atoms with Gasteiger partial charge in [0, 0.05) is 32.7 Å². The van der Waals surface area contributed by atoms with E-state index in [-0.39, 0.29) is 6.03 Å². The molecule has 0 spiro atoms. The Hall–Kier alpha value is -0.770. The lowest BCUT2D eigenvalue weighted by atomic mass is 10.3. The molecule has 1 aliphatic rings. The maximum Gasteiger partial charge on any atom is 0.317 e. The Kier molecular flexibility index (Phi) is 4.73. The summed E-state index contributed by atoms with van der Waals surface area (Å²) in [6.07, 6.45) is 1.00. The monoisotopic (exact) mass is 199 g/mol. The standard InChI is InChI=1S/C10H21N3O/c1-3-5-11-10(14)13-8-6-12(4-2)7-9-13/h3-9H2,1-2H3,(H,11,14). The van der Waals surface area contributed by atoms with E-state index < -0.39 is 0 Å².